The van der Waals surface area contributed by atoms with Gasteiger partial charge in [0.05, 0.1) is 12.6 Å². The van der Waals surface area contributed by atoms with E-state index in [9.17, 15) is 4.79 Å². The summed E-state index contributed by atoms with van der Waals surface area (Å²) in [6, 6.07) is 0.0709. The predicted octanol–water partition coefficient (Wildman–Crippen LogP) is 1.74. The Morgan fingerprint density at radius 2 is 2.30 bits per heavy atom. The molecule has 6 nitrogen and oxygen atoms in total. The molecule has 2 amide bonds. The summed E-state index contributed by atoms with van der Waals surface area (Å²) in [5, 5.41) is 5.84. The zero-order valence-corrected chi connectivity index (χ0v) is 11.7. The van der Waals surface area contributed by atoms with E-state index in [-0.39, 0.29) is 12.1 Å². The van der Waals surface area contributed by atoms with Crippen LogP contribution in [0.4, 0.5) is 4.79 Å². The number of aromatic nitrogens is 1. The number of nitrogens with zero attached hydrogens (tertiary/aromatic N) is 1. The maximum absolute atomic E-state index is 11.9. The van der Waals surface area contributed by atoms with E-state index in [1.807, 2.05) is 6.92 Å². The fraction of sp³-hybridized carbons (Fsp3) is 0.714. The van der Waals surface area contributed by atoms with Gasteiger partial charge in [-0.25, -0.2) is 9.78 Å². The number of aryl methyl sites for hydroxylation is 1. The lowest BCUT2D eigenvalue weighted by Gasteiger charge is -2.30. The number of hydrogen-bond acceptors (Lipinski definition) is 4. The van der Waals surface area contributed by atoms with Crippen molar-refractivity contribution in [3.8, 4) is 0 Å². The van der Waals surface area contributed by atoms with E-state index in [0.29, 0.717) is 12.6 Å². The molecule has 2 fully saturated rings. The van der Waals surface area contributed by atoms with E-state index in [0.717, 1.165) is 36.8 Å². The summed E-state index contributed by atoms with van der Waals surface area (Å²) in [6.07, 6.45) is 6.10. The number of rotatable bonds is 4. The molecule has 0 spiro atoms. The first-order valence-corrected chi connectivity index (χ1v) is 7.27. The minimum absolute atomic E-state index is 0.145. The Hall–Kier alpha value is -1.56. The number of carbonyl (C=O) groups excluding carboxylic acids is 1. The van der Waals surface area contributed by atoms with Crippen molar-refractivity contribution < 1.29 is 13.9 Å². The SMILES string of the molecule is Cc1ocnc1CNC(=O)N[C@H]1CCO[C@@H](C2CC2)C1. The van der Waals surface area contributed by atoms with Gasteiger partial charge in [0, 0.05) is 12.6 Å². The first-order chi connectivity index (χ1) is 9.72. The van der Waals surface area contributed by atoms with Gasteiger partial charge in [-0.05, 0) is 38.5 Å². The molecule has 1 saturated heterocycles. The fourth-order valence-electron chi connectivity index (χ4n) is 2.65. The lowest BCUT2D eigenvalue weighted by Crippen LogP contribution is -2.46. The zero-order valence-electron chi connectivity index (χ0n) is 11.7. The third-order valence-corrected chi connectivity index (χ3v) is 4.06. The van der Waals surface area contributed by atoms with Gasteiger partial charge in [-0.1, -0.05) is 0 Å². The number of amides is 2. The molecular weight excluding hydrogens is 258 g/mol. The number of oxazole rings is 1. The van der Waals surface area contributed by atoms with Crippen LogP contribution in [0, 0.1) is 12.8 Å². The van der Waals surface area contributed by atoms with Crippen LogP contribution in [0.1, 0.15) is 37.1 Å². The molecule has 0 bridgehead atoms. The second kappa shape index (κ2) is 5.83. The van der Waals surface area contributed by atoms with Crippen molar-refractivity contribution in [1.82, 2.24) is 15.6 Å². The minimum Gasteiger partial charge on any atom is -0.448 e. The van der Waals surface area contributed by atoms with Crippen molar-refractivity contribution in [2.75, 3.05) is 6.61 Å². The highest BCUT2D eigenvalue weighted by Crippen LogP contribution is 2.38. The van der Waals surface area contributed by atoms with Crippen molar-refractivity contribution in [2.24, 2.45) is 5.92 Å². The van der Waals surface area contributed by atoms with Crippen molar-refractivity contribution >= 4 is 6.03 Å². The molecule has 2 atom stereocenters. The Kier molecular flexibility index (Phi) is 3.91. The predicted molar refractivity (Wildman–Crippen MR) is 72.1 cm³/mol. The van der Waals surface area contributed by atoms with E-state index >= 15 is 0 Å². The van der Waals surface area contributed by atoms with Crippen LogP contribution < -0.4 is 10.6 Å². The Morgan fingerprint density at radius 1 is 1.45 bits per heavy atom. The van der Waals surface area contributed by atoms with Crippen molar-refractivity contribution in [1.29, 1.82) is 0 Å². The Morgan fingerprint density at radius 3 is 3.00 bits per heavy atom. The van der Waals surface area contributed by atoms with Gasteiger partial charge in [0.2, 0.25) is 0 Å². The molecule has 1 aromatic heterocycles. The van der Waals surface area contributed by atoms with Gasteiger partial charge in [0.15, 0.2) is 6.39 Å². The van der Waals surface area contributed by atoms with Crippen LogP contribution in [0.25, 0.3) is 0 Å². The maximum atomic E-state index is 11.9. The summed E-state index contributed by atoms with van der Waals surface area (Å²) in [6.45, 7) is 2.97. The standard InChI is InChI=1S/C14H21N3O3/c1-9-12(16-8-20-9)7-15-14(18)17-11-4-5-19-13(6-11)10-2-3-10/h8,10-11,13H,2-7H2,1H3,(H2,15,17,18)/t11-,13+/m0/s1. The summed E-state index contributed by atoms with van der Waals surface area (Å²) >= 11 is 0. The van der Waals surface area contributed by atoms with Gasteiger partial charge in [-0.3, -0.25) is 0 Å². The Labute approximate surface area is 118 Å². The van der Waals surface area contributed by atoms with Gasteiger partial charge in [0.1, 0.15) is 11.5 Å². The lowest BCUT2D eigenvalue weighted by atomic mass is 10.0. The second-order valence-corrected chi connectivity index (χ2v) is 5.65. The number of carbonyl (C=O) groups is 1. The van der Waals surface area contributed by atoms with E-state index in [2.05, 4.69) is 15.6 Å². The molecule has 2 N–H and O–H groups in total. The highest BCUT2D eigenvalue weighted by molar-refractivity contribution is 5.74. The Bertz CT molecular complexity index is 470. The van der Waals surface area contributed by atoms with Crippen LogP contribution in [0.2, 0.25) is 0 Å². The normalized spacial score (nSPS) is 26.2. The molecule has 1 saturated carbocycles. The van der Waals surface area contributed by atoms with Crippen LogP contribution in [0.3, 0.4) is 0 Å². The molecule has 2 heterocycles. The van der Waals surface area contributed by atoms with Crippen LogP contribution in [0.15, 0.2) is 10.8 Å². The van der Waals surface area contributed by atoms with Crippen LogP contribution in [0.5, 0.6) is 0 Å². The summed E-state index contributed by atoms with van der Waals surface area (Å²) in [5.74, 6) is 1.46. The highest BCUT2D eigenvalue weighted by atomic mass is 16.5. The molecule has 110 valence electrons. The topological polar surface area (TPSA) is 76.4 Å². The van der Waals surface area contributed by atoms with Crippen LogP contribution in [-0.2, 0) is 11.3 Å². The van der Waals surface area contributed by atoms with Crippen LogP contribution in [-0.4, -0.2) is 29.8 Å². The first kappa shape index (κ1) is 13.4. The summed E-state index contributed by atoms with van der Waals surface area (Å²) in [4.78, 5) is 15.9. The number of urea groups is 1. The number of hydrogen-bond donors (Lipinski definition) is 2. The van der Waals surface area contributed by atoms with E-state index in [4.69, 9.17) is 9.15 Å². The average Bonchev–Trinajstić information content (AvgIpc) is 3.21. The summed E-state index contributed by atoms with van der Waals surface area (Å²) in [5.41, 5.74) is 0.767. The molecule has 1 aliphatic carbocycles. The fourth-order valence-corrected chi connectivity index (χ4v) is 2.65. The summed E-state index contributed by atoms with van der Waals surface area (Å²) in [7, 11) is 0. The second-order valence-electron chi connectivity index (χ2n) is 5.65. The minimum atomic E-state index is -0.145. The quantitative estimate of drug-likeness (QED) is 0.880. The van der Waals surface area contributed by atoms with Crippen molar-refractivity contribution in [3.63, 3.8) is 0 Å². The molecule has 3 rings (SSSR count). The average molecular weight is 279 g/mol. The van der Waals surface area contributed by atoms with Gasteiger partial charge >= 0.3 is 6.03 Å². The molecular formula is C14H21N3O3. The first-order valence-electron chi connectivity index (χ1n) is 7.27. The van der Waals surface area contributed by atoms with Crippen molar-refractivity contribution in [2.45, 2.75) is 51.3 Å². The van der Waals surface area contributed by atoms with Gasteiger partial charge in [-0.2, -0.15) is 0 Å². The monoisotopic (exact) mass is 279 g/mol. The largest absolute Gasteiger partial charge is 0.448 e. The van der Waals surface area contributed by atoms with Crippen molar-refractivity contribution in [3.05, 3.63) is 17.8 Å². The van der Waals surface area contributed by atoms with Gasteiger partial charge in [-0.15, -0.1) is 0 Å². The third-order valence-electron chi connectivity index (χ3n) is 4.06. The number of nitrogens with one attached hydrogen (secondary N) is 2. The molecule has 1 aromatic rings. The summed E-state index contributed by atoms with van der Waals surface area (Å²) < 4.78 is 10.8. The maximum Gasteiger partial charge on any atom is 0.315 e. The molecule has 20 heavy (non-hydrogen) atoms. The zero-order chi connectivity index (χ0) is 13.9. The molecule has 0 radical (unpaired) electrons. The van der Waals surface area contributed by atoms with E-state index in [1.165, 1.54) is 19.2 Å². The van der Waals surface area contributed by atoms with E-state index < -0.39 is 0 Å². The molecule has 1 aliphatic heterocycles. The lowest BCUT2D eigenvalue weighted by molar-refractivity contribution is -0.00914. The van der Waals surface area contributed by atoms with E-state index in [1.54, 1.807) is 0 Å². The third kappa shape index (κ3) is 3.30. The van der Waals surface area contributed by atoms with Crippen LogP contribution >= 0.6 is 0 Å². The van der Waals surface area contributed by atoms with Gasteiger partial charge < -0.3 is 19.8 Å². The molecule has 0 unspecified atom stereocenters. The smallest absolute Gasteiger partial charge is 0.315 e. The molecule has 2 aliphatic rings. The molecule has 0 aromatic carbocycles. The molecule has 6 heteroatoms. The highest BCUT2D eigenvalue weighted by Gasteiger charge is 2.36. The Balaban J connectivity index is 1.42. The van der Waals surface area contributed by atoms with Gasteiger partial charge in [0.25, 0.3) is 0 Å². The number of ether oxygens (including phenoxy) is 1.